The summed E-state index contributed by atoms with van der Waals surface area (Å²) in [5.74, 6) is -0.401. The van der Waals surface area contributed by atoms with Crippen LogP contribution in [0.1, 0.15) is 27.3 Å². The van der Waals surface area contributed by atoms with E-state index in [1.807, 2.05) is 28.8 Å². The Morgan fingerprint density at radius 2 is 1.86 bits per heavy atom. The van der Waals surface area contributed by atoms with Crippen LogP contribution in [0.3, 0.4) is 0 Å². The number of ether oxygens (including phenoxy) is 2. The van der Waals surface area contributed by atoms with Crippen LogP contribution in [0, 0.1) is 5.82 Å². The van der Waals surface area contributed by atoms with Gasteiger partial charge in [0.05, 0.1) is 40.6 Å². The zero-order valence-electron chi connectivity index (χ0n) is 22.3. The van der Waals surface area contributed by atoms with Gasteiger partial charge in [-0.05, 0) is 57.9 Å². The number of nitrogens with zero attached hydrogens (tertiary/aromatic N) is 5. The Kier molecular flexibility index (Phi) is 7.92. The number of hydrogen-bond acceptors (Lipinski definition) is 8. The van der Waals surface area contributed by atoms with Gasteiger partial charge in [0.25, 0.3) is 0 Å². The minimum atomic E-state index is -1.02. The van der Waals surface area contributed by atoms with Crippen molar-refractivity contribution in [3.05, 3.63) is 99.5 Å². The molecule has 212 valence electrons. The lowest BCUT2D eigenvalue weighted by atomic mass is 10.1. The number of methoxy groups -OCH3 is 1. The van der Waals surface area contributed by atoms with Crippen LogP contribution in [0.5, 0.6) is 5.88 Å². The minimum absolute atomic E-state index is 0.159. The molecule has 3 heterocycles. The quantitative estimate of drug-likeness (QED) is 0.179. The molecule has 1 N–H and O–H groups in total. The van der Waals surface area contributed by atoms with E-state index < -0.39 is 11.8 Å². The first kappa shape index (κ1) is 27.9. The second kappa shape index (κ2) is 11.9. The van der Waals surface area contributed by atoms with Crippen LogP contribution in [0.15, 0.2) is 71.2 Å². The lowest BCUT2D eigenvalue weighted by molar-refractivity contribution is 0.0697. The number of hydrogen-bond donors (Lipinski definition) is 1. The maximum Gasteiger partial charge on any atom is 0.335 e. The van der Waals surface area contributed by atoms with Crippen molar-refractivity contribution in [2.24, 2.45) is 0 Å². The van der Waals surface area contributed by atoms with E-state index in [9.17, 15) is 9.90 Å². The fourth-order valence-corrected chi connectivity index (χ4v) is 5.82. The smallest absolute Gasteiger partial charge is 0.335 e. The molecule has 0 saturated heterocycles. The zero-order valence-corrected chi connectivity index (χ0v) is 24.7. The van der Waals surface area contributed by atoms with Gasteiger partial charge in [-0.2, -0.15) is 8.75 Å². The summed E-state index contributed by atoms with van der Waals surface area (Å²) < 4.78 is 38.1. The van der Waals surface area contributed by atoms with E-state index in [2.05, 4.69) is 34.6 Å². The molecule has 0 aliphatic carbocycles. The van der Waals surface area contributed by atoms with Crippen molar-refractivity contribution in [1.82, 2.24) is 23.3 Å². The first-order chi connectivity index (χ1) is 20.4. The molecule has 3 aromatic carbocycles. The summed E-state index contributed by atoms with van der Waals surface area (Å²) in [7, 11) is 1.59. The van der Waals surface area contributed by atoms with Crippen LogP contribution >= 0.6 is 27.7 Å². The predicted molar refractivity (Wildman–Crippen MR) is 160 cm³/mol. The van der Waals surface area contributed by atoms with Crippen LogP contribution in [-0.2, 0) is 24.3 Å². The van der Waals surface area contributed by atoms with Crippen molar-refractivity contribution in [3.63, 3.8) is 0 Å². The van der Waals surface area contributed by atoms with E-state index in [4.69, 9.17) is 9.47 Å². The van der Waals surface area contributed by atoms with Gasteiger partial charge in [0.15, 0.2) is 0 Å². The molecule has 0 radical (unpaired) electrons. The Labute approximate surface area is 252 Å². The number of carbonyl (C=O) groups is 1. The SMILES string of the molecule is COCCn1c(Cc2ccc(-c3cccc(OCc4ccc(Br)c5nsnc45)n3)cc2F)nc2ccc(C(=O)O)cc21. The molecular formula is C30H23BrFN5O4S. The topological polar surface area (TPSA) is 112 Å². The highest BCUT2D eigenvalue weighted by Crippen LogP contribution is 2.28. The fourth-order valence-electron chi connectivity index (χ4n) is 4.70. The van der Waals surface area contributed by atoms with E-state index in [0.29, 0.717) is 52.7 Å². The highest BCUT2D eigenvalue weighted by atomic mass is 79.9. The van der Waals surface area contributed by atoms with Crippen molar-refractivity contribution < 1.29 is 23.8 Å². The second-order valence-corrected chi connectivity index (χ2v) is 10.9. The fraction of sp³-hybridized carbons (Fsp3) is 0.167. The van der Waals surface area contributed by atoms with Crippen molar-refractivity contribution in [1.29, 1.82) is 0 Å². The summed E-state index contributed by atoms with van der Waals surface area (Å²) in [6.07, 6.45) is 0.219. The molecule has 0 aliphatic rings. The second-order valence-electron chi connectivity index (χ2n) is 9.48. The van der Waals surface area contributed by atoms with Gasteiger partial charge in [0.2, 0.25) is 5.88 Å². The summed E-state index contributed by atoms with van der Waals surface area (Å²) >= 11 is 4.63. The molecule has 0 unspecified atom stereocenters. The molecule has 0 saturated carbocycles. The highest BCUT2D eigenvalue weighted by molar-refractivity contribution is 9.10. The maximum atomic E-state index is 15.4. The molecule has 42 heavy (non-hydrogen) atoms. The third kappa shape index (κ3) is 5.60. The molecule has 0 spiro atoms. The van der Waals surface area contributed by atoms with Crippen LogP contribution < -0.4 is 4.74 Å². The number of imidazole rings is 1. The number of halogens is 2. The number of aromatic carboxylic acids is 1. The highest BCUT2D eigenvalue weighted by Gasteiger charge is 2.16. The Hall–Kier alpha value is -4.26. The van der Waals surface area contributed by atoms with Crippen LogP contribution in [0.4, 0.5) is 4.39 Å². The van der Waals surface area contributed by atoms with Gasteiger partial charge in [-0.1, -0.05) is 24.3 Å². The molecule has 0 fully saturated rings. The summed E-state index contributed by atoms with van der Waals surface area (Å²) in [5.41, 5.74) is 5.55. The molecular weight excluding hydrogens is 625 g/mol. The molecule has 3 aromatic heterocycles. The van der Waals surface area contributed by atoms with Gasteiger partial charge in [-0.3, -0.25) is 0 Å². The van der Waals surface area contributed by atoms with Gasteiger partial charge < -0.3 is 19.1 Å². The molecule has 6 rings (SSSR count). The van der Waals surface area contributed by atoms with Crippen molar-refractivity contribution in [3.8, 4) is 17.1 Å². The molecule has 0 atom stereocenters. The van der Waals surface area contributed by atoms with Gasteiger partial charge in [-0.25, -0.2) is 19.2 Å². The molecule has 6 aromatic rings. The van der Waals surface area contributed by atoms with Crippen LogP contribution in [0.25, 0.3) is 33.3 Å². The zero-order chi connectivity index (χ0) is 29.2. The molecule has 12 heteroatoms. The monoisotopic (exact) mass is 647 g/mol. The number of carboxylic acid groups (broad SMARTS) is 1. The first-order valence-electron chi connectivity index (χ1n) is 12.9. The summed E-state index contributed by atoms with van der Waals surface area (Å²) in [5, 5.41) is 9.42. The average Bonchev–Trinajstić information content (AvgIpc) is 3.62. The number of rotatable bonds is 10. The number of pyridine rings is 1. The average molecular weight is 649 g/mol. The Balaban J connectivity index is 1.23. The first-order valence-corrected chi connectivity index (χ1v) is 14.4. The number of benzene rings is 3. The molecule has 9 nitrogen and oxygen atoms in total. The Morgan fingerprint density at radius 3 is 2.67 bits per heavy atom. The number of aromatic nitrogens is 5. The molecule has 0 aliphatic heterocycles. The van der Waals surface area contributed by atoms with E-state index in [0.717, 1.165) is 32.8 Å². The third-order valence-corrected chi connectivity index (χ3v) is 8.01. The minimum Gasteiger partial charge on any atom is -0.478 e. The van der Waals surface area contributed by atoms with Crippen molar-refractivity contribution >= 4 is 55.7 Å². The maximum absolute atomic E-state index is 15.4. The van der Waals surface area contributed by atoms with Gasteiger partial charge in [-0.15, -0.1) is 0 Å². The summed E-state index contributed by atoms with van der Waals surface area (Å²) in [6, 6.07) is 19.0. The summed E-state index contributed by atoms with van der Waals surface area (Å²) in [4.78, 5) is 20.8. The largest absolute Gasteiger partial charge is 0.478 e. The molecule has 0 bridgehead atoms. The van der Waals surface area contributed by atoms with Crippen LogP contribution in [-0.4, -0.2) is 48.1 Å². The lowest BCUT2D eigenvalue weighted by Gasteiger charge is -2.11. The van der Waals surface area contributed by atoms with E-state index in [1.54, 1.807) is 37.4 Å². The lowest BCUT2D eigenvalue weighted by Crippen LogP contribution is -2.10. The normalized spacial score (nSPS) is 11.4. The third-order valence-electron chi connectivity index (χ3n) is 6.84. The van der Waals surface area contributed by atoms with Gasteiger partial charge in [0, 0.05) is 41.7 Å². The van der Waals surface area contributed by atoms with E-state index in [-0.39, 0.29) is 18.6 Å². The van der Waals surface area contributed by atoms with Crippen LogP contribution in [0.2, 0.25) is 0 Å². The van der Waals surface area contributed by atoms with E-state index in [1.165, 1.54) is 12.1 Å². The summed E-state index contributed by atoms with van der Waals surface area (Å²) in [6.45, 7) is 1.11. The predicted octanol–water partition coefficient (Wildman–Crippen LogP) is 6.52. The van der Waals surface area contributed by atoms with Crippen molar-refractivity contribution in [2.75, 3.05) is 13.7 Å². The van der Waals surface area contributed by atoms with Crippen molar-refractivity contribution in [2.45, 2.75) is 19.6 Å². The number of carboxylic acids is 1. The molecule has 0 amide bonds. The van der Waals surface area contributed by atoms with Gasteiger partial charge in [0.1, 0.15) is 29.3 Å². The standard InChI is InChI=1S/C30H23BrFN5O4S/c1-40-12-11-37-25-14-19(30(38)39)8-10-24(25)33-26(37)15-17-5-6-18(13-22(17)32)23-3-2-4-27(34-23)41-16-20-7-9-21(31)29-28(20)35-42-36-29/h2-10,13-14H,11-12,15-16H2,1H3,(H,38,39). The van der Waals surface area contributed by atoms with Gasteiger partial charge >= 0.3 is 5.97 Å². The number of fused-ring (bicyclic) bond motifs is 2. The Bertz CT molecular complexity index is 1940. The Morgan fingerprint density at radius 1 is 1.02 bits per heavy atom. The van der Waals surface area contributed by atoms with E-state index >= 15 is 4.39 Å².